The first-order valence-corrected chi connectivity index (χ1v) is 13.1. The Kier molecular flexibility index (Phi) is 9.03. The minimum Gasteiger partial charge on any atom is -0.462 e. The van der Waals surface area contributed by atoms with Crippen molar-refractivity contribution in [2.75, 3.05) is 6.61 Å². The van der Waals surface area contributed by atoms with E-state index in [1.807, 2.05) is 0 Å². The lowest BCUT2D eigenvalue weighted by molar-refractivity contribution is -0.149. The number of para-hydroxylation sites is 1. The van der Waals surface area contributed by atoms with Crippen molar-refractivity contribution in [2.24, 2.45) is 5.92 Å². The van der Waals surface area contributed by atoms with E-state index in [2.05, 4.69) is 10.1 Å². The lowest BCUT2D eigenvalue weighted by atomic mass is 10.0. The highest BCUT2D eigenvalue weighted by atomic mass is 32.1. The molecule has 11 nitrogen and oxygen atoms in total. The Balaban J connectivity index is 1.75. The second-order valence-corrected chi connectivity index (χ2v) is 10.5. The number of nitrogens with zero attached hydrogens (tertiary/aromatic N) is 1. The number of esters is 1. The summed E-state index contributed by atoms with van der Waals surface area (Å²) in [5.74, 6) is -0.797. The number of rotatable bonds is 10. The Hall–Kier alpha value is -2.34. The molecule has 0 aliphatic carbocycles. The molecule has 13 heteroatoms. The largest absolute Gasteiger partial charge is 0.462 e. The van der Waals surface area contributed by atoms with Crippen molar-refractivity contribution in [3.63, 3.8) is 0 Å². The number of aromatic nitrogens is 2. The van der Waals surface area contributed by atoms with Gasteiger partial charge in [0.25, 0.3) is 5.56 Å². The summed E-state index contributed by atoms with van der Waals surface area (Å²) in [6.07, 6.45) is -1.46. The van der Waals surface area contributed by atoms with Crippen LogP contribution in [0.3, 0.4) is 0 Å². The number of hydrogen-bond donors (Lipinski definition) is 3. The summed E-state index contributed by atoms with van der Waals surface area (Å²) in [6.45, 7) is 6.32. The van der Waals surface area contributed by atoms with Crippen molar-refractivity contribution < 1.29 is 33.0 Å². The molecule has 0 bridgehead atoms. The van der Waals surface area contributed by atoms with Crippen LogP contribution in [-0.4, -0.2) is 51.6 Å². The number of benzene rings is 1. The van der Waals surface area contributed by atoms with Crippen molar-refractivity contribution in [1.29, 1.82) is 0 Å². The zero-order chi connectivity index (χ0) is 25.8. The minimum absolute atomic E-state index is 0.139. The quantitative estimate of drug-likeness (QED) is 0.240. The van der Waals surface area contributed by atoms with E-state index in [0.29, 0.717) is 0 Å². The maximum atomic E-state index is 13.6. The molecule has 1 fully saturated rings. The van der Waals surface area contributed by atoms with E-state index in [-0.39, 0.29) is 28.8 Å². The van der Waals surface area contributed by atoms with Crippen molar-refractivity contribution in [3.05, 3.63) is 57.7 Å². The third-order valence-electron chi connectivity index (χ3n) is 5.24. The highest BCUT2D eigenvalue weighted by Crippen LogP contribution is 2.46. The summed E-state index contributed by atoms with van der Waals surface area (Å²) in [5.41, 5.74) is -0.354. The third-order valence-corrected chi connectivity index (χ3v) is 7.20. The Morgan fingerprint density at radius 3 is 2.60 bits per heavy atom. The summed E-state index contributed by atoms with van der Waals surface area (Å²) < 4.78 is 37.6. The van der Waals surface area contributed by atoms with Gasteiger partial charge in [0.2, 0.25) is 0 Å². The van der Waals surface area contributed by atoms with Gasteiger partial charge in [-0.25, -0.2) is 4.57 Å². The van der Waals surface area contributed by atoms with Crippen LogP contribution in [0.1, 0.15) is 33.9 Å². The fourth-order valence-electron chi connectivity index (χ4n) is 3.48. The van der Waals surface area contributed by atoms with E-state index in [4.69, 9.17) is 30.7 Å². The third kappa shape index (κ3) is 7.09. The number of H-pyrrole nitrogens is 1. The van der Waals surface area contributed by atoms with Crippen LogP contribution in [0.2, 0.25) is 0 Å². The molecule has 1 aliphatic heterocycles. The van der Waals surface area contributed by atoms with E-state index >= 15 is 0 Å². The summed E-state index contributed by atoms with van der Waals surface area (Å²) in [4.78, 5) is 26.3. The van der Waals surface area contributed by atoms with E-state index < -0.39 is 44.1 Å². The Labute approximate surface area is 208 Å². The van der Waals surface area contributed by atoms with Gasteiger partial charge in [0.1, 0.15) is 24.1 Å². The predicted molar refractivity (Wildman–Crippen MR) is 129 cm³/mol. The molecule has 192 valence electrons. The molecule has 3 N–H and O–H groups in total. The summed E-state index contributed by atoms with van der Waals surface area (Å²) >= 11 is 5.20. The smallest absolute Gasteiger partial charge is 0.459 e. The second-order valence-electron chi connectivity index (χ2n) is 8.47. The molecule has 1 aromatic heterocycles. The number of aromatic amines is 1. The summed E-state index contributed by atoms with van der Waals surface area (Å²) in [7, 11) is -4.12. The zero-order valence-corrected chi connectivity index (χ0v) is 21.5. The number of aliphatic hydroxyl groups excluding tert-OH is 1. The lowest BCUT2D eigenvalue weighted by Gasteiger charge is -2.25. The molecule has 0 spiro atoms. The van der Waals surface area contributed by atoms with Gasteiger partial charge in [-0.2, -0.15) is 5.09 Å². The summed E-state index contributed by atoms with van der Waals surface area (Å²) in [6, 6.07) is 8.62. The number of carbonyl (C=O) groups excluding carboxylic acids is 1. The van der Waals surface area contributed by atoms with Crippen LogP contribution in [0.5, 0.6) is 5.75 Å². The molecular weight excluding hydrogens is 497 g/mol. The molecule has 1 aromatic carbocycles. The minimum atomic E-state index is -4.12. The van der Waals surface area contributed by atoms with Crippen LogP contribution in [0.15, 0.2) is 47.4 Å². The van der Waals surface area contributed by atoms with Crippen LogP contribution in [-0.2, 0) is 23.4 Å². The van der Waals surface area contributed by atoms with Crippen LogP contribution >= 0.6 is 20.0 Å². The first-order valence-electron chi connectivity index (χ1n) is 11.1. The molecule has 0 radical (unpaired) electrons. The monoisotopic (exact) mass is 527 g/mol. The Morgan fingerprint density at radius 1 is 1.29 bits per heavy atom. The molecule has 2 aromatic rings. The van der Waals surface area contributed by atoms with Gasteiger partial charge in [-0.15, -0.1) is 0 Å². The predicted octanol–water partition coefficient (Wildman–Crippen LogP) is 2.93. The molecule has 2 heterocycles. The fourth-order valence-corrected chi connectivity index (χ4v) is 5.25. The van der Waals surface area contributed by atoms with Gasteiger partial charge in [0, 0.05) is 18.2 Å². The van der Waals surface area contributed by atoms with Gasteiger partial charge >= 0.3 is 13.7 Å². The van der Waals surface area contributed by atoms with E-state index in [9.17, 15) is 19.3 Å². The fraction of sp³-hybridized carbons (Fsp3) is 0.500. The van der Waals surface area contributed by atoms with Crippen molar-refractivity contribution in [1.82, 2.24) is 14.6 Å². The van der Waals surface area contributed by atoms with Gasteiger partial charge in [-0.1, -0.05) is 25.1 Å². The molecule has 6 unspecified atom stereocenters. The normalized spacial score (nSPS) is 24.6. The van der Waals surface area contributed by atoms with Crippen molar-refractivity contribution in [3.8, 4) is 5.75 Å². The maximum Gasteiger partial charge on any atom is 0.459 e. The first-order chi connectivity index (χ1) is 16.5. The number of nitrogens with one attached hydrogen (secondary N) is 2. The second kappa shape index (κ2) is 11.6. The SMILES string of the molecule is CC(C)OC(=O)C(C)NP(=O)(OCC1OC(n2ccc(=O)[nH]c2=S)C(C)C1O)Oc1ccccc1. The van der Waals surface area contributed by atoms with Gasteiger partial charge in [-0.3, -0.25) is 23.7 Å². The van der Waals surface area contributed by atoms with Crippen molar-refractivity contribution in [2.45, 2.75) is 58.3 Å². The lowest BCUT2D eigenvalue weighted by Crippen LogP contribution is -2.37. The van der Waals surface area contributed by atoms with E-state index in [1.165, 1.54) is 23.8 Å². The molecule has 0 saturated carbocycles. The van der Waals surface area contributed by atoms with Crippen LogP contribution in [0.25, 0.3) is 0 Å². The molecule has 0 amide bonds. The average molecular weight is 528 g/mol. The number of aliphatic hydroxyl groups is 1. The highest BCUT2D eigenvalue weighted by molar-refractivity contribution is 7.71. The average Bonchev–Trinajstić information content (AvgIpc) is 3.06. The molecule has 1 aliphatic rings. The molecule has 1 saturated heterocycles. The summed E-state index contributed by atoms with van der Waals surface area (Å²) in [5, 5.41) is 13.3. The number of ether oxygens (including phenoxy) is 2. The first kappa shape index (κ1) is 27.3. The topological polar surface area (TPSA) is 141 Å². The van der Waals surface area contributed by atoms with Gasteiger partial charge in [-0.05, 0) is 45.1 Å². The van der Waals surface area contributed by atoms with Gasteiger partial charge < -0.3 is 19.1 Å². The molecule has 35 heavy (non-hydrogen) atoms. The van der Waals surface area contributed by atoms with Crippen molar-refractivity contribution >= 4 is 25.9 Å². The molecular formula is C22H30N3O8PS. The van der Waals surface area contributed by atoms with E-state index in [1.54, 1.807) is 51.1 Å². The van der Waals surface area contributed by atoms with Gasteiger partial charge in [0.05, 0.1) is 18.8 Å². The zero-order valence-electron chi connectivity index (χ0n) is 19.8. The maximum absolute atomic E-state index is 13.6. The van der Waals surface area contributed by atoms with Crippen LogP contribution in [0, 0.1) is 10.7 Å². The number of carbonyl (C=O) groups is 1. The number of hydrogen-bond acceptors (Lipinski definition) is 9. The van der Waals surface area contributed by atoms with Crippen LogP contribution in [0.4, 0.5) is 0 Å². The van der Waals surface area contributed by atoms with E-state index in [0.717, 1.165) is 0 Å². The molecule has 3 rings (SSSR count). The highest BCUT2D eigenvalue weighted by Gasteiger charge is 2.44. The van der Waals surface area contributed by atoms with Gasteiger partial charge in [0.15, 0.2) is 4.77 Å². The van der Waals surface area contributed by atoms with Crippen LogP contribution < -0.4 is 15.2 Å². The molecule has 6 atom stereocenters. The Bertz CT molecular complexity index is 1170. The standard InChI is InChI=1S/C22H30N3O8PS/c1-13(2)31-21(28)15(4)24-34(29,33-16-8-6-5-7-9-16)30-12-17-19(27)14(3)20(32-17)25-11-10-18(26)23-22(25)35/h5-11,13-15,17,19-20,27H,12H2,1-4H3,(H,24,29)(H,23,26,35). The Morgan fingerprint density at radius 2 is 1.97 bits per heavy atom.